The number of nitrogens with zero attached hydrogens (tertiary/aromatic N) is 3. The molecular formula is C10H10FN3O6S. The van der Waals surface area contributed by atoms with Gasteiger partial charge in [-0.1, -0.05) is 0 Å². The molecule has 0 aliphatic carbocycles. The maximum Gasteiger partial charge on any atom is 0.312 e. The van der Waals surface area contributed by atoms with Gasteiger partial charge in [-0.15, -0.1) is 3.89 Å². The van der Waals surface area contributed by atoms with Gasteiger partial charge in [0.15, 0.2) is 0 Å². The van der Waals surface area contributed by atoms with Gasteiger partial charge in [-0.25, -0.2) is 0 Å². The summed E-state index contributed by atoms with van der Waals surface area (Å²) in [7, 11) is -3.64. The molecule has 0 aromatic carbocycles. The Bertz CT molecular complexity index is 707. The zero-order chi connectivity index (χ0) is 15.8. The van der Waals surface area contributed by atoms with Crippen molar-refractivity contribution in [1.29, 1.82) is 0 Å². The number of hydrogen-bond donors (Lipinski definition) is 0. The highest BCUT2D eigenvalue weighted by Crippen LogP contribution is 2.33. The Labute approximate surface area is 118 Å². The molecule has 1 aliphatic rings. The van der Waals surface area contributed by atoms with Gasteiger partial charge in [0, 0.05) is 25.1 Å². The summed E-state index contributed by atoms with van der Waals surface area (Å²) >= 11 is 0. The number of amides is 1. The van der Waals surface area contributed by atoms with Crippen molar-refractivity contribution in [2.24, 2.45) is 0 Å². The molecule has 2 rings (SSSR count). The van der Waals surface area contributed by atoms with Crippen LogP contribution in [0.3, 0.4) is 0 Å². The van der Waals surface area contributed by atoms with Gasteiger partial charge in [0.25, 0.3) is 0 Å². The van der Waals surface area contributed by atoms with Gasteiger partial charge in [0.2, 0.25) is 17.6 Å². The van der Waals surface area contributed by atoms with E-state index < -0.39 is 45.0 Å². The Morgan fingerprint density at radius 3 is 2.67 bits per heavy atom. The first-order valence-electron chi connectivity index (χ1n) is 5.67. The zero-order valence-corrected chi connectivity index (χ0v) is 11.5. The van der Waals surface area contributed by atoms with Gasteiger partial charge in [-0.3, -0.25) is 19.8 Å². The molecule has 114 valence electrons. The molecular weight excluding hydrogens is 309 g/mol. The lowest BCUT2D eigenvalue weighted by atomic mass is 10.3. The van der Waals surface area contributed by atoms with Crippen molar-refractivity contribution in [3.05, 3.63) is 22.2 Å². The number of anilines is 1. The normalized spacial score (nSPS) is 18.9. The van der Waals surface area contributed by atoms with Crippen LogP contribution in [-0.4, -0.2) is 43.1 Å². The molecule has 0 bridgehead atoms. The molecule has 0 N–H and O–H groups in total. The van der Waals surface area contributed by atoms with Gasteiger partial charge in [-0.2, -0.15) is 13.4 Å². The number of pyridine rings is 1. The summed E-state index contributed by atoms with van der Waals surface area (Å²) in [5, 5.41) is 9.40. The predicted molar refractivity (Wildman–Crippen MR) is 68.2 cm³/mol. The molecule has 21 heavy (non-hydrogen) atoms. The van der Waals surface area contributed by atoms with Crippen molar-refractivity contribution < 1.29 is 26.8 Å². The van der Waals surface area contributed by atoms with Crippen molar-refractivity contribution in [1.82, 2.24) is 4.98 Å². The summed E-state index contributed by atoms with van der Waals surface area (Å²) in [6, 6.07) is 2.30. The molecule has 1 aliphatic heterocycles. The van der Waals surface area contributed by atoms with E-state index in [9.17, 15) is 27.2 Å². The lowest BCUT2D eigenvalue weighted by Gasteiger charge is -2.15. The number of rotatable bonds is 4. The van der Waals surface area contributed by atoms with Crippen molar-refractivity contribution in [2.75, 3.05) is 18.6 Å². The van der Waals surface area contributed by atoms with Gasteiger partial charge >= 0.3 is 15.9 Å². The summed E-state index contributed by atoms with van der Waals surface area (Å²) in [5.74, 6) is -1.12. The highest BCUT2D eigenvalue weighted by atomic mass is 32.3. The molecule has 9 nitrogen and oxygen atoms in total. The molecule has 1 atom stereocenters. The van der Waals surface area contributed by atoms with Gasteiger partial charge in [-0.05, 0) is 0 Å². The topological polar surface area (TPSA) is 120 Å². The lowest BCUT2D eigenvalue weighted by Crippen LogP contribution is -2.28. The van der Waals surface area contributed by atoms with Crippen molar-refractivity contribution in [3.63, 3.8) is 0 Å². The number of aromatic nitrogens is 1. The van der Waals surface area contributed by atoms with Crippen LogP contribution in [-0.2, 0) is 15.0 Å². The average molecular weight is 319 g/mol. The van der Waals surface area contributed by atoms with Crippen LogP contribution in [0.1, 0.15) is 6.42 Å². The number of carbonyl (C=O) groups excluding carboxylic acids is 1. The van der Waals surface area contributed by atoms with Crippen molar-refractivity contribution >= 4 is 27.6 Å². The standard InChI is InChI=1S/C10H10FN3O6S/c1-20-8-3-2-7(14(16)17)10(12-8)13-5-6(4-9(13)15)21(11,18)19/h2-3,6H,4-5H2,1H3. The minimum Gasteiger partial charge on any atom is -0.481 e. The summed E-state index contributed by atoms with van der Waals surface area (Å²) in [6.07, 6.45) is -0.588. The second-order valence-electron chi connectivity index (χ2n) is 4.26. The van der Waals surface area contributed by atoms with E-state index in [-0.39, 0.29) is 11.7 Å². The third-order valence-electron chi connectivity index (χ3n) is 2.98. The highest BCUT2D eigenvalue weighted by molar-refractivity contribution is 7.87. The van der Waals surface area contributed by atoms with Crippen LogP contribution in [0.2, 0.25) is 0 Å². The van der Waals surface area contributed by atoms with Crippen LogP contribution in [0, 0.1) is 10.1 Å². The first-order valence-corrected chi connectivity index (χ1v) is 7.12. The van der Waals surface area contributed by atoms with E-state index in [1.165, 1.54) is 13.2 Å². The van der Waals surface area contributed by atoms with Gasteiger partial charge in [0.1, 0.15) is 5.25 Å². The minimum absolute atomic E-state index is 0.00922. The molecule has 0 saturated carbocycles. The molecule has 1 aromatic rings. The molecule has 1 unspecified atom stereocenters. The Balaban J connectivity index is 2.46. The number of halogens is 1. The van der Waals surface area contributed by atoms with E-state index in [1.807, 2.05) is 0 Å². The van der Waals surface area contributed by atoms with Crippen LogP contribution in [0.5, 0.6) is 5.88 Å². The van der Waals surface area contributed by atoms with Crippen LogP contribution >= 0.6 is 0 Å². The summed E-state index contributed by atoms with van der Waals surface area (Å²) < 4.78 is 39.5. The van der Waals surface area contributed by atoms with Crippen molar-refractivity contribution in [3.8, 4) is 5.88 Å². The third kappa shape index (κ3) is 2.91. The zero-order valence-electron chi connectivity index (χ0n) is 10.7. The van der Waals surface area contributed by atoms with Crippen LogP contribution < -0.4 is 9.64 Å². The van der Waals surface area contributed by atoms with E-state index in [4.69, 9.17) is 4.74 Å². The first kappa shape index (κ1) is 15.1. The highest BCUT2D eigenvalue weighted by Gasteiger charge is 2.42. The van der Waals surface area contributed by atoms with Crippen LogP contribution in [0.15, 0.2) is 12.1 Å². The van der Waals surface area contributed by atoms with E-state index in [0.29, 0.717) is 0 Å². The number of carbonyl (C=O) groups is 1. The largest absolute Gasteiger partial charge is 0.481 e. The van der Waals surface area contributed by atoms with Crippen LogP contribution in [0.4, 0.5) is 15.4 Å². The third-order valence-corrected chi connectivity index (χ3v) is 4.09. The quantitative estimate of drug-likeness (QED) is 0.447. The van der Waals surface area contributed by atoms with Crippen LogP contribution in [0.25, 0.3) is 0 Å². The molecule has 11 heteroatoms. The van der Waals surface area contributed by atoms with Gasteiger partial charge < -0.3 is 4.74 Å². The second kappa shape index (κ2) is 5.24. The number of nitro groups is 1. The summed E-state index contributed by atoms with van der Waals surface area (Å²) in [6.45, 7) is -0.529. The fourth-order valence-electron chi connectivity index (χ4n) is 1.95. The Morgan fingerprint density at radius 1 is 1.52 bits per heavy atom. The number of hydrogen-bond acceptors (Lipinski definition) is 7. The SMILES string of the molecule is COc1ccc([N+](=O)[O-])c(N2CC(S(=O)(=O)F)CC2=O)n1. The van der Waals surface area contributed by atoms with E-state index in [2.05, 4.69) is 4.98 Å². The number of ether oxygens (including phenoxy) is 1. The van der Waals surface area contributed by atoms with E-state index in [1.54, 1.807) is 0 Å². The molecule has 1 amide bonds. The Morgan fingerprint density at radius 2 is 2.19 bits per heavy atom. The molecule has 2 heterocycles. The smallest absolute Gasteiger partial charge is 0.312 e. The Kier molecular flexibility index (Phi) is 3.77. The first-order chi connectivity index (χ1) is 9.74. The van der Waals surface area contributed by atoms with E-state index in [0.717, 1.165) is 11.0 Å². The molecule has 1 saturated heterocycles. The van der Waals surface area contributed by atoms with E-state index >= 15 is 0 Å². The molecule has 0 radical (unpaired) electrons. The monoisotopic (exact) mass is 319 g/mol. The summed E-state index contributed by atoms with van der Waals surface area (Å²) in [4.78, 5) is 26.5. The fraction of sp³-hybridized carbons (Fsp3) is 0.400. The maximum absolute atomic E-state index is 13.0. The summed E-state index contributed by atoms with van der Waals surface area (Å²) in [5.41, 5.74) is -0.499. The molecule has 1 fully saturated rings. The lowest BCUT2D eigenvalue weighted by molar-refractivity contribution is -0.384. The van der Waals surface area contributed by atoms with Crippen molar-refractivity contribution in [2.45, 2.75) is 11.7 Å². The second-order valence-corrected chi connectivity index (χ2v) is 5.88. The van der Waals surface area contributed by atoms with Gasteiger partial charge in [0.05, 0.1) is 12.0 Å². The Hall–Kier alpha value is -2.30. The number of methoxy groups -OCH3 is 1. The maximum atomic E-state index is 13.0. The fourth-order valence-corrected chi connectivity index (χ4v) is 2.62. The minimum atomic E-state index is -4.92. The predicted octanol–water partition coefficient (Wildman–Crippen LogP) is 0.403. The average Bonchev–Trinajstić information content (AvgIpc) is 2.79. The molecule has 0 spiro atoms. The molecule has 1 aromatic heterocycles.